The van der Waals surface area contributed by atoms with Gasteiger partial charge in [0.05, 0.1) is 17.2 Å². The highest BCUT2D eigenvalue weighted by atomic mass is 35.5. The average Bonchev–Trinajstić information content (AvgIpc) is 2.62. The number of ether oxygens (including phenoxy) is 1. The number of carbonyl (C=O) groups is 3. The van der Waals surface area contributed by atoms with E-state index in [2.05, 4.69) is 5.32 Å². The van der Waals surface area contributed by atoms with E-state index in [1.807, 2.05) is 0 Å². The van der Waals surface area contributed by atoms with E-state index in [1.165, 1.54) is 36.1 Å². The molecular weight excluding hydrogens is 375 g/mol. The first-order chi connectivity index (χ1) is 12.8. The first-order valence-electron chi connectivity index (χ1n) is 8.12. The minimum Gasteiger partial charge on any atom is -0.462 e. The molecule has 0 atom stereocenters. The molecule has 0 spiro atoms. The zero-order valence-electron chi connectivity index (χ0n) is 14.8. The summed E-state index contributed by atoms with van der Waals surface area (Å²) in [6.07, 6.45) is 0. The van der Waals surface area contributed by atoms with Gasteiger partial charge in [0.2, 0.25) is 11.8 Å². The normalized spacial score (nSPS) is 10.2. The molecular formula is C19H18ClFN2O4. The highest BCUT2D eigenvalue weighted by Gasteiger charge is 2.17. The number of amides is 2. The van der Waals surface area contributed by atoms with Gasteiger partial charge < -0.3 is 15.0 Å². The van der Waals surface area contributed by atoms with Gasteiger partial charge in [-0.1, -0.05) is 11.6 Å². The molecule has 0 aliphatic heterocycles. The molecule has 0 heterocycles. The van der Waals surface area contributed by atoms with E-state index in [-0.39, 0.29) is 18.2 Å². The SMILES string of the molecule is CCOC(=O)c1ccc(NC(=O)CN(C(C)=O)c2ccc(F)c(Cl)c2)cc1. The molecule has 2 aromatic carbocycles. The topological polar surface area (TPSA) is 75.7 Å². The molecule has 8 heteroatoms. The van der Waals surface area contributed by atoms with Crippen molar-refractivity contribution in [1.82, 2.24) is 0 Å². The van der Waals surface area contributed by atoms with Crippen molar-refractivity contribution >= 4 is 40.8 Å². The molecule has 1 N–H and O–H groups in total. The summed E-state index contributed by atoms with van der Waals surface area (Å²) in [7, 11) is 0. The minimum absolute atomic E-state index is 0.145. The van der Waals surface area contributed by atoms with Crippen LogP contribution in [-0.2, 0) is 14.3 Å². The maximum absolute atomic E-state index is 13.3. The smallest absolute Gasteiger partial charge is 0.338 e. The molecule has 0 aromatic heterocycles. The number of nitrogens with one attached hydrogen (secondary N) is 1. The molecule has 0 aliphatic rings. The number of rotatable bonds is 6. The van der Waals surface area contributed by atoms with Crippen LogP contribution in [0, 0.1) is 5.82 Å². The number of carbonyl (C=O) groups excluding carboxylic acids is 3. The molecule has 27 heavy (non-hydrogen) atoms. The lowest BCUT2D eigenvalue weighted by molar-refractivity contribution is -0.120. The van der Waals surface area contributed by atoms with Gasteiger partial charge in [-0.05, 0) is 49.4 Å². The van der Waals surface area contributed by atoms with Crippen molar-refractivity contribution in [1.29, 1.82) is 0 Å². The number of esters is 1. The van der Waals surface area contributed by atoms with Crippen LogP contribution in [0.3, 0.4) is 0 Å². The predicted molar refractivity (Wildman–Crippen MR) is 100 cm³/mol. The van der Waals surface area contributed by atoms with Crippen molar-refractivity contribution in [2.24, 2.45) is 0 Å². The Hall–Kier alpha value is -2.93. The molecule has 142 valence electrons. The largest absolute Gasteiger partial charge is 0.462 e. The molecule has 0 bridgehead atoms. The summed E-state index contributed by atoms with van der Waals surface area (Å²) in [5, 5.41) is 2.48. The van der Waals surface area contributed by atoms with Crippen molar-refractivity contribution < 1.29 is 23.5 Å². The van der Waals surface area contributed by atoms with E-state index >= 15 is 0 Å². The third-order valence-corrected chi connectivity index (χ3v) is 3.87. The molecule has 0 aliphatic carbocycles. The summed E-state index contributed by atoms with van der Waals surface area (Å²) >= 11 is 5.74. The summed E-state index contributed by atoms with van der Waals surface area (Å²) in [4.78, 5) is 36.9. The summed E-state index contributed by atoms with van der Waals surface area (Å²) in [6, 6.07) is 9.92. The zero-order valence-corrected chi connectivity index (χ0v) is 15.5. The van der Waals surface area contributed by atoms with Crippen LogP contribution in [0.4, 0.5) is 15.8 Å². The Balaban J connectivity index is 2.06. The van der Waals surface area contributed by atoms with E-state index in [1.54, 1.807) is 19.1 Å². The lowest BCUT2D eigenvalue weighted by atomic mass is 10.2. The van der Waals surface area contributed by atoms with Gasteiger partial charge in [-0.15, -0.1) is 0 Å². The number of halogens is 2. The highest BCUT2D eigenvalue weighted by molar-refractivity contribution is 6.31. The Morgan fingerprint density at radius 3 is 2.37 bits per heavy atom. The molecule has 0 saturated heterocycles. The van der Waals surface area contributed by atoms with E-state index in [4.69, 9.17) is 16.3 Å². The van der Waals surface area contributed by atoms with Gasteiger partial charge in [0.25, 0.3) is 0 Å². The molecule has 0 saturated carbocycles. The lowest BCUT2D eigenvalue weighted by Gasteiger charge is -2.21. The van der Waals surface area contributed by atoms with E-state index < -0.39 is 23.6 Å². The van der Waals surface area contributed by atoms with E-state index in [0.717, 1.165) is 6.07 Å². The first-order valence-corrected chi connectivity index (χ1v) is 8.49. The van der Waals surface area contributed by atoms with Crippen LogP contribution in [0.15, 0.2) is 42.5 Å². The highest BCUT2D eigenvalue weighted by Crippen LogP contribution is 2.23. The van der Waals surface area contributed by atoms with Crippen molar-refractivity contribution in [3.63, 3.8) is 0 Å². The Morgan fingerprint density at radius 1 is 1.15 bits per heavy atom. The second-order valence-electron chi connectivity index (χ2n) is 5.55. The minimum atomic E-state index is -0.616. The third-order valence-electron chi connectivity index (χ3n) is 3.58. The fourth-order valence-electron chi connectivity index (χ4n) is 2.29. The van der Waals surface area contributed by atoms with Crippen molar-refractivity contribution in [3.8, 4) is 0 Å². The van der Waals surface area contributed by atoms with Crippen molar-refractivity contribution in [2.75, 3.05) is 23.4 Å². The van der Waals surface area contributed by atoms with Crippen LogP contribution in [-0.4, -0.2) is 30.9 Å². The fourth-order valence-corrected chi connectivity index (χ4v) is 2.46. The van der Waals surface area contributed by atoms with Crippen LogP contribution < -0.4 is 10.2 Å². The predicted octanol–water partition coefficient (Wildman–Crippen LogP) is 3.65. The number of benzene rings is 2. The van der Waals surface area contributed by atoms with Gasteiger partial charge in [0.15, 0.2) is 0 Å². The Morgan fingerprint density at radius 2 is 1.81 bits per heavy atom. The number of anilines is 2. The summed E-state index contributed by atoms with van der Waals surface area (Å²) in [5.41, 5.74) is 1.12. The molecule has 2 rings (SSSR count). The maximum atomic E-state index is 13.3. The number of hydrogen-bond donors (Lipinski definition) is 1. The van der Waals surface area contributed by atoms with Gasteiger partial charge in [0.1, 0.15) is 12.4 Å². The second-order valence-corrected chi connectivity index (χ2v) is 5.96. The van der Waals surface area contributed by atoms with Gasteiger partial charge in [0, 0.05) is 18.3 Å². The van der Waals surface area contributed by atoms with Crippen molar-refractivity contribution in [2.45, 2.75) is 13.8 Å². The van der Waals surface area contributed by atoms with Crippen LogP contribution in [0.1, 0.15) is 24.2 Å². The van der Waals surface area contributed by atoms with Gasteiger partial charge in [-0.3, -0.25) is 9.59 Å². The number of hydrogen-bond acceptors (Lipinski definition) is 4. The van der Waals surface area contributed by atoms with Crippen LogP contribution in [0.25, 0.3) is 0 Å². The Bertz CT molecular complexity index is 855. The van der Waals surface area contributed by atoms with Crippen molar-refractivity contribution in [3.05, 3.63) is 58.9 Å². The Labute approximate surface area is 160 Å². The van der Waals surface area contributed by atoms with E-state index in [9.17, 15) is 18.8 Å². The monoisotopic (exact) mass is 392 g/mol. The molecule has 0 radical (unpaired) electrons. The molecule has 2 amide bonds. The van der Waals surface area contributed by atoms with Gasteiger partial charge >= 0.3 is 5.97 Å². The second kappa shape index (κ2) is 9.14. The average molecular weight is 393 g/mol. The molecule has 0 unspecified atom stereocenters. The summed E-state index contributed by atoms with van der Waals surface area (Å²) < 4.78 is 18.2. The summed E-state index contributed by atoms with van der Waals surface area (Å²) in [5.74, 6) is -1.93. The lowest BCUT2D eigenvalue weighted by Crippen LogP contribution is -2.36. The van der Waals surface area contributed by atoms with Gasteiger partial charge in [-0.2, -0.15) is 0 Å². The van der Waals surface area contributed by atoms with E-state index in [0.29, 0.717) is 16.9 Å². The molecule has 0 fully saturated rings. The van der Waals surface area contributed by atoms with Crippen LogP contribution >= 0.6 is 11.6 Å². The van der Waals surface area contributed by atoms with Gasteiger partial charge in [-0.25, -0.2) is 9.18 Å². The summed E-state index contributed by atoms with van der Waals surface area (Å²) in [6.45, 7) is 2.99. The fraction of sp³-hybridized carbons (Fsp3) is 0.211. The van der Waals surface area contributed by atoms with Crippen LogP contribution in [0.2, 0.25) is 5.02 Å². The zero-order chi connectivity index (χ0) is 20.0. The molecule has 2 aromatic rings. The molecule has 6 nitrogen and oxygen atoms in total. The van der Waals surface area contributed by atoms with Crippen LogP contribution in [0.5, 0.6) is 0 Å². The third kappa shape index (κ3) is 5.52. The number of nitrogens with zero attached hydrogens (tertiary/aromatic N) is 1. The quantitative estimate of drug-likeness (QED) is 0.761. The maximum Gasteiger partial charge on any atom is 0.338 e. The Kier molecular flexibility index (Phi) is 6.90. The standard InChI is InChI=1S/C19H18ClFN2O4/c1-3-27-19(26)13-4-6-14(7-5-13)22-18(25)11-23(12(2)24)15-8-9-17(21)16(20)10-15/h4-10H,3,11H2,1-2H3,(H,22,25). The first kappa shape index (κ1) is 20.4.